The summed E-state index contributed by atoms with van der Waals surface area (Å²) in [6, 6.07) is 0. The molecule has 0 atom stereocenters. The van der Waals surface area contributed by atoms with Crippen LogP contribution >= 0.6 is 0 Å². The molecule has 0 bridgehead atoms. The monoisotopic (exact) mass is 151 g/mol. The number of nitrogens with zero attached hydrogens (tertiary/aromatic N) is 2. The summed E-state index contributed by atoms with van der Waals surface area (Å²) < 4.78 is 0. The van der Waals surface area contributed by atoms with Crippen LogP contribution < -0.4 is 5.73 Å². The smallest absolute Gasteiger partial charge is 0.0728 e. The van der Waals surface area contributed by atoms with Crippen molar-refractivity contribution < 1.29 is 0 Å². The van der Waals surface area contributed by atoms with Gasteiger partial charge in [-0.25, -0.2) is 0 Å². The van der Waals surface area contributed by atoms with Crippen molar-refractivity contribution in [2.75, 3.05) is 5.73 Å². The highest BCUT2D eigenvalue weighted by molar-refractivity contribution is 5.42. The summed E-state index contributed by atoms with van der Waals surface area (Å²) in [5, 5.41) is 7.45. The average Bonchev–Trinajstić information content (AvgIpc) is 1.93. The Morgan fingerprint density at radius 3 is 2.55 bits per heavy atom. The molecule has 0 saturated carbocycles. The van der Waals surface area contributed by atoms with Gasteiger partial charge >= 0.3 is 0 Å². The lowest BCUT2D eigenvalue weighted by Crippen LogP contribution is -2.00. The first-order valence-electron chi connectivity index (χ1n) is 3.75. The van der Waals surface area contributed by atoms with Gasteiger partial charge in [0.15, 0.2) is 0 Å². The Morgan fingerprint density at radius 2 is 2.00 bits per heavy atom. The Morgan fingerprint density at radius 1 is 1.36 bits per heavy atom. The fourth-order valence-electron chi connectivity index (χ4n) is 0.966. The van der Waals surface area contributed by atoms with Gasteiger partial charge in [0.25, 0.3) is 0 Å². The summed E-state index contributed by atoms with van der Waals surface area (Å²) in [4.78, 5) is 0. The van der Waals surface area contributed by atoms with Gasteiger partial charge < -0.3 is 5.73 Å². The number of anilines is 1. The highest BCUT2D eigenvalue weighted by atomic mass is 15.1. The van der Waals surface area contributed by atoms with Crippen molar-refractivity contribution in [2.45, 2.75) is 20.3 Å². The van der Waals surface area contributed by atoms with Crippen LogP contribution in [-0.4, -0.2) is 10.2 Å². The molecule has 0 saturated heterocycles. The van der Waals surface area contributed by atoms with Gasteiger partial charge in [0.2, 0.25) is 0 Å². The van der Waals surface area contributed by atoms with E-state index in [4.69, 9.17) is 5.73 Å². The Bertz CT molecular complexity index is 233. The lowest BCUT2D eigenvalue weighted by Gasteiger charge is -2.05. The first kappa shape index (κ1) is 7.98. The number of hydrogen-bond donors (Lipinski definition) is 1. The zero-order chi connectivity index (χ0) is 8.27. The van der Waals surface area contributed by atoms with E-state index in [-0.39, 0.29) is 0 Å². The van der Waals surface area contributed by atoms with Crippen LogP contribution in [0.3, 0.4) is 0 Å². The third kappa shape index (κ3) is 2.18. The Kier molecular flexibility index (Phi) is 2.41. The van der Waals surface area contributed by atoms with Crippen LogP contribution in [0.15, 0.2) is 12.4 Å². The number of hydrogen-bond acceptors (Lipinski definition) is 3. The second kappa shape index (κ2) is 3.32. The molecule has 1 rings (SSSR count). The van der Waals surface area contributed by atoms with Crippen molar-refractivity contribution in [3.05, 3.63) is 18.0 Å². The van der Waals surface area contributed by atoms with Crippen LogP contribution in [0.2, 0.25) is 0 Å². The minimum atomic E-state index is 0.612. The fourth-order valence-corrected chi connectivity index (χ4v) is 0.966. The van der Waals surface area contributed by atoms with Gasteiger partial charge in [-0.1, -0.05) is 13.8 Å². The zero-order valence-electron chi connectivity index (χ0n) is 6.91. The van der Waals surface area contributed by atoms with Gasteiger partial charge in [-0.3, -0.25) is 0 Å². The molecule has 2 N–H and O–H groups in total. The highest BCUT2D eigenvalue weighted by Crippen LogP contribution is 2.12. The molecule has 0 unspecified atom stereocenters. The summed E-state index contributed by atoms with van der Waals surface area (Å²) in [6.45, 7) is 4.31. The van der Waals surface area contributed by atoms with Gasteiger partial charge in [-0.15, -0.1) is 0 Å². The molecule has 1 heterocycles. The summed E-state index contributed by atoms with van der Waals surface area (Å²) in [5.41, 5.74) is 7.50. The maximum absolute atomic E-state index is 5.67. The predicted octanol–water partition coefficient (Wildman–Crippen LogP) is 1.26. The van der Waals surface area contributed by atoms with Gasteiger partial charge in [0.05, 0.1) is 18.1 Å². The Labute approximate surface area is 66.6 Å². The number of rotatable bonds is 2. The molecule has 60 valence electrons. The van der Waals surface area contributed by atoms with Crippen molar-refractivity contribution in [3.63, 3.8) is 0 Å². The molecule has 11 heavy (non-hydrogen) atoms. The summed E-state index contributed by atoms with van der Waals surface area (Å²) in [7, 11) is 0. The Hall–Kier alpha value is -1.12. The van der Waals surface area contributed by atoms with Crippen LogP contribution in [0.5, 0.6) is 0 Å². The largest absolute Gasteiger partial charge is 0.397 e. The molecule has 0 fully saturated rings. The van der Waals surface area contributed by atoms with E-state index in [1.54, 1.807) is 12.4 Å². The van der Waals surface area contributed by atoms with E-state index in [0.29, 0.717) is 5.92 Å². The van der Waals surface area contributed by atoms with E-state index in [9.17, 15) is 0 Å². The van der Waals surface area contributed by atoms with Gasteiger partial charge in [0, 0.05) is 0 Å². The maximum Gasteiger partial charge on any atom is 0.0728 e. The third-order valence-electron chi connectivity index (χ3n) is 1.48. The molecular weight excluding hydrogens is 138 g/mol. The van der Waals surface area contributed by atoms with Gasteiger partial charge in [0.1, 0.15) is 0 Å². The highest BCUT2D eigenvalue weighted by Gasteiger charge is 2.01. The molecule has 1 aromatic heterocycles. The van der Waals surface area contributed by atoms with Crippen LogP contribution in [-0.2, 0) is 6.42 Å². The summed E-state index contributed by atoms with van der Waals surface area (Å²) in [5.74, 6) is 0.612. The SMILES string of the molecule is CC(C)Cc1cnncc1N. The van der Waals surface area contributed by atoms with E-state index in [1.807, 2.05) is 0 Å². The van der Waals surface area contributed by atoms with Crippen molar-refractivity contribution in [3.8, 4) is 0 Å². The lowest BCUT2D eigenvalue weighted by atomic mass is 10.0. The van der Waals surface area contributed by atoms with E-state index < -0.39 is 0 Å². The van der Waals surface area contributed by atoms with Crippen molar-refractivity contribution in [1.82, 2.24) is 10.2 Å². The molecule has 3 heteroatoms. The second-order valence-corrected chi connectivity index (χ2v) is 3.07. The van der Waals surface area contributed by atoms with Crippen molar-refractivity contribution in [1.29, 1.82) is 0 Å². The van der Waals surface area contributed by atoms with Crippen molar-refractivity contribution >= 4 is 5.69 Å². The number of nitrogen functional groups attached to an aromatic ring is 1. The molecule has 0 aromatic carbocycles. The number of aromatic nitrogens is 2. The predicted molar refractivity (Wildman–Crippen MR) is 45.0 cm³/mol. The normalized spacial score (nSPS) is 10.5. The van der Waals surface area contributed by atoms with Gasteiger partial charge in [-0.2, -0.15) is 10.2 Å². The van der Waals surface area contributed by atoms with Crippen LogP contribution in [0.4, 0.5) is 5.69 Å². The third-order valence-corrected chi connectivity index (χ3v) is 1.48. The lowest BCUT2D eigenvalue weighted by molar-refractivity contribution is 0.645. The van der Waals surface area contributed by atoms with Crippen LogP contribution in [0, 0.1) is 5.92 Å². The summed E-state index contributed by atoms with van der Waals surface area (Å²) >= 11 is 0. The van der Waals surface area contributed by atoms with E-state index in [1.165, 1.54) is 0 Å². The molecule has 0 aliphatic heterocycles. The molecule has 1 aromatic rings. The first-order valence-corrected chi connectivity index (χ1v) is 3.75. The second-order valence-electron chi connectivity index (χ2n) is 3.07. The van der Waals surface area contributed by atoms with E-state index >= 15 is 0 Å². The van der Waals surface area contributed by atoms with E-state index in [2.05, 4.69) is 24.0 Å². The fraction of sp³-hybridized carbons (Fsp3) is 0.500. The standard InChI is InChI=1S/C8H13N3/c1-6(2)3-7-4-10-11-5-8(7)9/h4-6H,3H2,1-2H3,(H2,9,10). The molecule has 3 nitrogen and oxygen atoms in total. The molecule has 0 aliphatic rings. The first-order chi connectivity index (χ1) is 5.20. The average molecular weight is 151 g/mol. The maximum atomic E-state index is 5.67. The van der Waals surface area contributed by atoms with Crippen molar-refractivity contribution in [2.24, 2.45) is 5.92 Å². The minimum absolute atomic E-state index is 0.612. The number of nitrogens with two attached hydrogens (primary N) is 1. The van der Waals surface area contributed by atoms with Crippen LogP contribution in [0.25, 0.3) is 0 Å². The molecule has 0 amide bonds. The molecule has 0 radical (unpaired) electrons. The molecular formula is C8H13N3. The topological polar surface area (TPSA) is 51.8 Å². The molecule has 0 aliphatic carbocycles. The van der Waals surface area contributed by atoms with E-state index in [0.717, 1.165) is 17.7 Å². The summed E-state index contributed by atoms with van der Waals surface area (Å²) in [6.07, 6.45) is 4.30. The zero-order valence-corrected chi connectivity index (χ0v) is 6.91. The van der Waals surface area contributed by atoms with Crippen LogP contribution in [0.1, 0.15) is 19.4 Å². The minimum Gasteiger partial charge on any atom is -0.397 e. The quantitative estimate of drug-likeness (QED) is 0.692. The van der Waals surface area contributed by atoms with Gasteiger partial charge in [-0.05, 0) is 17.9 Å². The Balaban J connectivity index is 2.78. The molecule has 0 spiro atoms.